The predicted molar refractivity (Wildman–Crippen MR) is 130 cm³/mol. The van der Waals surface area contributed by atoms with Gasteiger partial charge in [-0.3, -0.25) is 4.79 Å². The van der Waals surface area contributed by atoms with Crippen molar-refractivity contribution in [1.82, 2.24) is 0 Å². The maximum absolute atomic E-state index is 11.1. The van der Waals surface area contributed by atoms with E-state index in [9.17, 15) is 9.90 Å². The minimum absolute atomic E-state index is 0.0217. The zero-order chi connectivity index (χ0) is 22.7. The Hall–Kier alpha value is -2.35. The topological polar surface area (TPSA) is 37.3 Å². The van der Waals surface area contributed by atoms with Crippen LogP contribution in [0.15, 0.2) is 65.3 Å². The van der Waals surface area contributed by atoms with Gasteiger partial charge in [-0.15, -0.1) is 0 Å². The Bertz CT molecular complexity index is 828. The fourth-order valence-corrected chi connectivity index (χ4v) is 3.08. The van der Waals surface area contributed by atoms with E-state index in [1.165, 1.54) is 36.5 Å². The number of rotatable bonds is 3. The number of phenols is 1. The lowest BCUT2D eigenvalue weighted by Gasteiger charge is -2.18. The Labute approximate surface area is 184 Å². The molecular formula is C28H40O2. The standard InChI is InChI=1S/C15H24.C13H16O2/c1-13-7-5-8-14(2)10-12-15(3,4)11-6-9-13;1-9(2)4-5-12-8-11(10(3)14)6-7-13(12)15/h6-7,10-11H,5,8-9,12H2,1-4H3;4,6-8,15H,5H2,1-3H3. The maximum Gasteiger partial charge on any atom is 0.159 e. The number of hydrogen-bond donors (Lipinski definition) is 1. The third kappa shape index (κ3) is 10.4. The summed E-state index contributed by atoms with van der Waals surface area (Å²) in [6.07, 6.45) is 16.8. The third-order valence-electron chi connectivity index (χ3n) is 5.23. The third-order valence-corrected chi connectivity index (χ3v) is 5.23. The molecule has 0 fully saturated rings. The van der Waals surface area contributed by atoms with E-state index in [1.807, 2.05) is 19.9 Å². The van der Waals surface area contributed by atoms with Crippen LogP contribution < -0.4 is 0 Å². The molecule has 0 atom stereocenters. The lowest BCUT2D eigenvalue weighted by molar-refractivity contribution is 0.101. The summed E-state index contributed by atoms with van der Waals surface area (Å²) in [5.41, 5.74) is 5.97. The number of Topliss-reactive ketones (excluding diaryl/α,β-unsaturated/α-hetero) is 1. The molecule has 0 saturated heterocycles. The van der Waals surface area contributed by atoms with Gasteiger partial charge in [0.15, 0.2) is 5.78 Å². The molecule has 0 spiro atoms. The van der Waals surface area contributed by atoms with Crippen molar-refractivity contribution in [3.05, 3.63) is 76.4 Å². The number of benzene rings is 1. The fraction of sp³-hybridized carbons (Fsp3) is 0.464. The van der Waals surface area contributed by atoms with Crippen molar-refractivity contribution in [3.63, 3.8) is 0 Å². The molecule has 1 aliphatic rings. The summed E-state index contributed by atoms with van der Waals surface area (Å²) >= 11 is 0. The van der Waals surface area contributed by atoms with Crippen molar-refractivity contribution in [2.45, 2.75) is 80.6 Å². The SMILES string of the molecule is CC(=O)c1ccc(O)c(CC=C(C)C)c1.CC1=CCCC(C)=CCC(C)(C)C=CC1. The van der Waals surface area contributed by atoms with Crippen molar-refractivity contribution >= 4 is 5.78 Å². The van der Waals surface area contributed by atoms with Crippen molar-refractivity contribution < 1.29 is 9.90 Å². The first kappa shape index (κ1) is 25.7. The molecule has 2 rings (SSSR count). The van der Waals surface area contributed by atoms with Gasteiger partial charge in [0.2, 0.25) is 0 Å². The maximum atomic E-state index is 11.1. The Morgan fingerprint density at radius 2 is 1.80 bits per heavy atom. The summed E-state index contributed by atoms with van der Waals surface area (Å²) in [7, 11) is 0. The summed E-state index contributed by atoms with van der Waals surface area (Å²) in [4.78, 5) is 11.1. The molecule has 2 heteroatoms. The van der Waals surface area contributed by atoms with Crippen LogP contribution in [-0.4, -0.2) is 10.9 Å². The van der Waals surface area contributed by atoms with Gasteiger partial charge < -0.3 is 5.11 Å². The van der Waals surface area contributed by atoms with E-state index in [-0.39, 0.29) is 11.5 Å². The van der Waals surface area contributed by atoms with Crippen LogP contribution in [0.25, 0.3) is 0 Å². The molecule has 0 amide bonds. The lowest BCUT2D eigenvalue weighted by atomic mass is 9.87. The molecule has 0 unspecified atom stereocenters. The minimum atomic E-state index is 0.0217. The van der Waals surface area contributed by atoms with Gasteiger partial charge >= 0.3 is 0 Å². The van der Waals surface area contributed by atoms with Gasteiger partial charge in [-0.25, -0.2) is 0 Å². The predicted octanol–water partition coefficient (Wildman–Crippen LogP) is 8.14. The van der Waals surface area contributed by atoms with Crippen LogP contribution in [0.3, 0.4) is 0 Å². The average molecular weight is 409 g/mol. The van der Waals surface area contributed by atoms with Crippen molar-refractivity contribution in [3.8, 4) is 5.75 Å². The monoisotopic (exact) mass is 408 g/mol. The number of carbonyl (C=O) groups excluding carboxylic acids is 1. The highest BCUT2D eigenvalue weighted by atomic mass is 16.3. The van der Waals surface area contributed by atoms with E-state index < -0.39 is 0 Å². The first-order valence-electron chi connectivity index (χ1n) is 11.0. The van der Waals surface area contributed by atoms with Crippen molar-refractivity contribution in [1.29, 1.82) is 0 Å². The van der Waals surface area contributed by atoms with Gasteiger partial charge in [0, 0.05) is 5.56 Å². The fourth-order valence-electron chi connectivity index (χ4n) is 3.08. The molecular weight excluding hydrogens is 368 g/mol. The Kier molecular flexibility index (Phi) is 10.6. The second-order valence-electron chi connectivity index (χ2n) is 9.32. The number of hydrogen-bond acceptors (Lipinski definition) is 2. The van der Waals surface area contributed by atoms with Crippen LogP contribution >= 0.6 is 0 Å². The van der Waals surface area contributed by atoms with Crippen molar-refractivity contribution in [2.24, 2.45) is 5.41 Å². The van der Waals surface area contributed by atoms with E-state index in [1.54, 1.807) is 18.2 Å². The molecule has 2 nitrogen and oxygen atoms in total. The van der Waals surface area contributed by atoms with Gasteiger partial charge in [0.25, 0.3) is 0 Å². The van der Waals surface area contributed by atoms with Crippen LogP contribution in [0.1, 0.15) is 90.1 Å². The quantitative estimate of drug-likeness (QED) is 0.405. The summed E-state index contributed by atoms with van der Waals surface area (Å²) in [5, 5.41) is 9.59. The molecule has 0 bridgehead atoms. The normalized spacial score (nSPS) is 16.2. The molecule has 1 N–H and O–H groups in total. The Morgan fingerprint density at radius 1 is 1.10 bits per heavy atom. The molecule has 0 saturated carbocycles. The van der Waals surface area contributed by atoms with Crippen LogP contribution in [0, 0.1) is 5.41 Å². The van der Waals surface area contributed by atoms with Gasteiger partial charge in [-0.05, 0) is 95.9 Å². The van der Waals surface area contributed by atoms with E-state index in [0.29, 0.717) is 17.4 Å². The van der Waals surface area contributed by atoms with Gasteiger partial charge in [0.1, 0.15) is 5.75 Å². The number of ketones is 1. The van der Waals surface area contributed by atoms with Crippen molar-refractivity contribution in [2.75, 3.05) is 0 Å². The van der Waals surface area contributed by atoms with Gasteiger partial charge in [0.05, 0.1) is 0 Å². The molecule has 1 aromatic carbocycles. The van der Waals surface area contributed by atoms with Crippen LogP contribution in [0.5, 0.6) is 5.75 Å². The largest absolute Gasteiger partial charge is 0.508 e. The molecule has 0 radical (unpaired) electrons. The summed E-state index contributed by atoms with van der Waals surface area (Å²) < 4.78 is 0. The number of carbonyl (C=O) groups is 1. The molecule has 0 heterocycles. The second-order valence-corrected chi connectivity index (χ2v) is 9.32. The first-order valence-corrected chi connectivity index (χ1v) is 11.0. The van der Waals surface area contributed by atoms with E-state index in [4.69, 9.17) is 0 Å². The lowest BCUT2D eigenvalue weighted by Crippen LogP contribution is -2.05. The molecule has 1 aliphatic carbocycles. The van der Waals surface area contributed by atoms with Gasteiger partial charge in [-0.2, -0.15) is 0 Å². The Morgan fingerprint density at radius 3 is 2.43 bits per heavy atom. The number of phenolic OH excluding ortho intramolecular Hbond substituents is 1. The van der Waals surface area contributed by atoms with E-state index in [2.05, 4.69) is 52.0 Å². The molecule has 1 aromatic rings. The number of aromatic hydroxyl groups is 1. The summed E-state index contributed by atoms with van der Waals surface area (Å²) in [6.45, 7) is 14.6. The summed E-state index contributed by atoms with van der Waals surface area (Å²) in [5.74, 6) is 0.269. The average Bonchev–Trinajstić information content (AvgIpc) is 2.67. The van der Waals surface area contributed by atoms with Gasteiger partial charge in [-0.1, -0.05) is 60.9 Å². The minimum Gasteiger partial charge on any atom is -0.508 e. The zero-order valence-electron chi connectivity index (χ0n) is 20.0. The Balaban J connectivity index is 0.000000300. The molecule has 30 heavy (non-hydrogen) atoms. The smallest absolute Gasteiger partial charge is 0.159 e. The molecule has 164 valence electrons. The van der Waals surface area contributed by atoms with Crippen LogP contribution in [0.4, 0.5) is 0 Å². The second kappa shape index (κ2) is 12.4. The first-order chi connectivity index (χ1) is 14.0. The van der Waals surface area contributed by atoms with E-state index >= 15 is 0 Å². The zero-order valence-corrected chi connectivity index (χ0v) is 20.0. The molecule has 0 aliphatic heterocycles. The summed E-state index contributed by atoms with van der Waals surface area (Å²) in [6, 6.07) is 4.96. The highest BCUT2D eigenvalue weighted by Crippen LogP contribution is 2.26. The number of allylic oxidation sites excluding steroid dienone is 8. The highest BCUT2D eigenvalue weighted by Gasteiger charge is 2.11. The van der Waals surface area contributed by atoms with Crippen LogP contribution in [0.2, 0.25) is 0 Å². The molecule has 0 aromatic heterocycles. The van der Waals surface area contributed by atoms with E-state index in [0.717, 1.165) is 18.4 Å². The highest BCUT2D eigenvalue weighted by molar-refractivity contribution is 5.94. The van der Waals surface area contributed by atoms with Crippen LogP contribution in [-0.2, 0) is 6.42 Å².